The molecule has 0 aliphatic heterocycles. The molecule has 4 aromatic carbocycles. The number of hydrogen-bond acceptors (Lipinski definition) is 12. The van der Waals surface area contributed by atoms with E-state index in [0.717, 1.165) is 28.5 Å². The molecule has 0 radical (unpaired) electrons. The molecule has 5 aromatic rings. The maximum Gasteiger partial charge on any atom is 0.404 e. The number of tetrazole rings is 1. The van der Waals surface area contributed by atoms with Crippen LogP contribution in [0.15, 0.2) is 94.7 Å². The fraction of sp³-hybridized carbons (Fsp3) is 0.333. The van der Waals surface area contributed by atoms with E-state index >= 15 is 8.42 Å². The molecule has 1 amide bonds. The number of amides is 1. The number of nitrogens with zero attached hydrogens (tertiary/aromatic N) is 5. The molecule has 1 unspecified atom stereocenters. The van der Waals surface area contributed by atoms with Gasteiger partial charge in [-0.15, -0.1) is 22.0 Å². The Hall–Kier alpha value is -4.43. The van der Waals surface area contributed by atoms with Crippen LogP contribution in [-0.2, 0) is 34.4 Å². The molecular formula is C39H45IN6O8S2. The van der Waals surface area contributed by atoms with Gasteiger partial charge in [-0.3, -0.25) is 0 Å². The number of hydrogen-bond donors (Lipinski definition) is 2. The van der Waals surface area contributed by atoms with Crippen molar-refractivity contribution in [3.63, 3.8) is 0 Å². The number of carbonyl (C=O) groups excluding carboxylic acids is 1. The number of primary amides is 1. The third kappa shape index (κ3) is 10.7. The molecule has 1 aromatic heterocycles. The fourth-order valence-electron chi connectivity index (χ4n) is 5.87. The number of carbonyl (C=O) groups is 1. The molecule has 5 rings (SSSR count). The first kappa shape index (κ1) is 42.7. The SMILES string of the molecule is COc1ccc(CN(Cc2ccc(OC)cc2)S(=O)(=O)c2c(SCC(O)[C@@H](OC(N)=O)C(C)(C)C)ccc(I)c2-c2nnn(Cc3ccc(OC)cc3)n2)cc1. The molecule has 17 heteroatoms. The molecule has 3 N–H and O–H groups in total. The Labute approximate surface area is 344 Å². The van der Waals surface area contributed by atoms with E-state index in [1.54, 1.807) is 57.7 Å². The normalized spacial score (nSPS) is 12.9. The first-order chi connectivity index (χ1) is 26.6. The van der Waals surface area contributed by atoms with Gasteiger partial charge in [0.25, 0.3) is 0 Å². The van der Waals surface area contributed by atoms with Crippen molar-refractivity contribution in [3.05, 3.63) is 105 Å². The highest BCUT2D eigenvalue weighted by atomic mass is 127. The van der Waals surface area contributed by atoms with Gasteiger partial charge >= 0.3 is 6.09 Å². The number of thioether (sulfide) groups is 1. The second-order valence-corrected chi connectivity index (χ2v) is 17.9. The van der Waals surface area contributed by atoms with Crippen LogP contribution in [0.25, 0.3) is 11.4 Å². The number of aromatic nitrogens is 4. The summed E-state index contributed by atoms with van der Waals surface area (Å²) in [4.78, 5) is 13.5. The van der Waals surface area contributed by atoms with Crippen LogP contribution in [0.5, 0.6) is 17.2 Å². The zero-order valence-corrected chi connectivity index (χ0v) is 35.7. The second-order valence-electron chi connectivity index (χ2n) is 13.8. The number of nitrogens with two attached hydrogens (primary N) is 1. The molecule has 56 heavy (non-hydrogen) atoms. The average molecular weight is 917 g/mol. The van der Waals surface area contributed by atoms with Gasteiger partial charge in [0.05, 0.1) is 33.4 Å². The number of aliphatic hydroxyl groups is 1. The van der Waals surface area contributed by atoms with Crippen LogP contribution in [0.4, 0.5) is 4.79 Å². The van der Waals surface area contributed by atoms with Crippen molar-refractivity contribution in [2.45, 2.75) is 62.4 Å². The van der Waals surface area contributed by atoms with Crippen LogP contribution in [0.1, 0.15) is 37.5 Å². The Bertz CT molecular complexity index is 2150. The lowest BCUT2D eigenvalue weighted by Crippen LogP contribution is -2.44. The lowest BCUT2D eigenvalue weighted by molar-refractivity contribution is -0.0407. The molecule has 2 atom stereocenters. The van der Waals surface area contributed by atoms with Crippen LogP contribution >= 0.6 is 34.4 Å². The Balaban J connectivity index is 1.63. The van der Waals surface area contributed by atoms with Crippen molar-refractivity contribution >= 4 is 50.5 Å². The van der Waals surface area contributed by atoms with Crippen LogP contribution in [0.3, 0.4) is 0 Å². The van der Waals surface area contributed by atoms with E-state index < -0.39 is 33.7 Å². The lowest BCUT2D eigenvalue weighted by atomic mass is 9.86. The predicted octanol–water partition coefficient (Wildman–Crippen LogP) is 6.37. The number of halogens is 1. The van der Waals surface area contributed by atoms with Crippen LogP contribution < -0.4 is 19.9 Å². The molecule has 298 valence electrons. The molecule has 0 saturated heterocycles. The topological polar surface area (TPSA) is 181 Å². The monoisotopic (exact) mass is 916 g/mol. The zero-order chi connectivity index (χ0) is 40.6. The minimum absolute atomic E-state index is 0.00609. The Morgan fingerprint density at radius 3 is 1.82 bits per heavy atom. The smallest absolute Gasteiger partial charge is 0.404 e. The van der Waals surface area contributed by atoms with E-state index in [9.17, 15) is 9.90 Å². The minimum Gasteiger partial charge on any atom is -0.497 e. The van der Waals surface area contributed by atoms with Gasteiger partial charge in [0.15, 0.2) is 0 Å². The summed E-state index contributed by atoms with van der Waals surface area (Å²) in [5.41, 5.74) is 7.26. The maximum absolute atomic E-state index is 15.4. The summed E-state index contributed by atoms with van der Waals surface area (Å²) in [5, 5.41) is 24.7. The van der Waals surface area contributed by atoms with E-state index in [4.69, 9.17) is 24.7 Å². The summed E-state index contributed by atoms with van der Waals surface area (Å²) in [6.07, 6.45) is -3.20. The number of sulfonamides is 1. The molecule has 1 heterocycles. The van der Waals surface area contributed by atoms with Gasteiger partial charge in [-0.05, 0) is 93.0 Å². The molecule has 14 nitrogen and oxygen atoms in total. The molecule has 0 saturated carbocycles. The van der Waals surface area contributed by atoms with Crippen LogP contribution in [0.2, 0.25) is 0 Å². The number of rotatable bonds is 17. The van der Waals surface area contributed by atoms with Gasteiger partial charge in [0, 0.05) is 32.7 Å². The van der Waals surface area contributed by atoms with Crippen molar-refractivity contribution in [1.29, 1.82) is 0 Å². The highest BCUT2D eigenvalue weighted by molar-refractivity contribution is 14.1. The largest absolute Gasteiger partial charge is 0.497 e. The number of methoxy groups -OCH3 is 3. The third-order valence-corrected chi connectivity index (χ3v) is 12.8. The van der Waals surface area contributed by atoms with Crippen molar-refractivity contribution in [1.82, 2.24) is 24.5 Å². The zero-order valence-electron chi connectivity index (χ0n) is 31.9. The summed E-state index contributed by atoms with van der Waals surface area (Å²) in [6, 6.07) is 25.2. The Morgan fingerprint density at radius 1 is 0.857 bits per heavy atom. The molecule has 0 aliphatic carbocycles. The van der Waals surface area contributed by atoms with E-state index in [0.29, 0.717) is 25.7 Å². The molecule has 0 spiro atoms. The van der Waals surface area contributed by atoms with E-state index in [2.05, 4.69) is 38.0 Å². The highest BCUT2D eigenvalue weighted by Crippen LogP contribution is 2.41. The summed E-state index contributed by atoms with van der Waals surface area (Å²) in [7, 11) is 0.314. The molecule has 0 aliphatic rings. The summed E-state index contributed by atoms with van der Waals surface area (Å²) >= 11 is 3.18. The van der Waals surface area contributed by atoms with Gasteiger partial charge in [-0.2, -0.15) is 9.10 Å². The minimum atomic E-state index is -4.41. The first-order valence-electron chi connectivity index (χ1n) is 17.4. The number of benzene rings is 4. The fourth-order valence-corrected chi connectivity index (χ4v) is 9.83. The Kier molecular flexibility index (Phi) is 14.2. The first-order valence-corrected chi connectivity index (χ1v) is 20.9. The van der Waals surface area contributed by atoms with Gasteiger partial charge in [-0.25, -0.2) is 13.2 Å². The maximum atomic E-state index is 15.4. The van der Waals surface area contributed by atoms with E-state index in [-0.39, 0.29) is 41.7 Å². The third-order valence-electron chi connectivity index (χ3n) is 8.72. The van der Waals surface area contributed by atoms with Crippen molar-refractivity contribution in [3.8, 4) is 28.6 Å². The predicted molar refractivity (Wildman–Crippen MR) is 221 cm³/mol. The summed E-state index contributed by atoms with van der Waals surface area (Å²) < 4.78 is 54.1. The molecular weight excluding hydrogens is 872 g/mol. The highest BCUT2D eigenvalue weighted by Gasteiger charge is 2.37. The average Bonchev–Trinajstić information content (AvgIpc) is 3.64. The quantitative estimate of drug-likeness (QED) is 0.0779. The second kappa shape index (κ2) is 18.7. The standard InChI is InChI=1S/C39H45IN6O8S2/c1-39(2,3)36(54-38(41)48)32(47)24-55-33-20-19-31(40)34(37-42-44-46(43-37)23-27-11-17-30(53-6)18-12-27)35(33)56(49,50)45(21-25-7-13-28(51-4)14-8-25)22-26-9-15-29(52-5)16-10-26/h7-20,32,36,47H,21-24H2,1-6H3,(H2,41,48)/t32?,36-/m1/s1. The molecule has 0 fully saturated rings. The van der Waals surface area contributed by atoms with Gasteiger partial charge in [-0.1, -0.05) is 57.2 Å². The number of ether oxygens (including phenoxy) is 4. The van der Waals surface area contributed by atoms with Gasteiger partial charge < -0.3 is 29.8 Å². The van der Waals surface area contributed by atoms with Crippen molar-refractivity contribution in [2.24, 2.45) is 11.1 Å². The summed E-state index contributed by atoms with van der Waals surface area (Å²) in [6.45, 7) is 5.71. The van der Waals surface area contributed by atoms with Gasteiger partial charge in [0.2, 0.25) is 15.8 Å². The Morgan fingerprint density at radius 2 is 1.36 bits per heavy atom. The van der Waals surface area contributed by atoms with Gasteiger partial charge in [0.1, 0.15) is 34.4 Å². The number of aliphatic hydroxyl groups excluding tert-OH is 1. The lowest BCUT2D eigenvalue weighted by Gasteiger charge is -2.33. The summed E-state index contributed by atoms with van der Waals surface area (Å²) in [5.74, 6) is 2.03. The molecule has 0 bridgehead atoms. The van der Waals surface area contributed by atoms with E-state index in [1.807, 2.05) is 69.3 Å². The van der Waals surface area contributed by atoms with Crippen LogP contribution in [0, 0.1) is 8.99 Å². The van der Waals surface area contributed by atoms with Crippen molar-refractivity contribution in [2.75, 3.05) is 27.1 Å². The van der Waals surface area contributed by atoms with E-state index in [1.165, 1.54) is 9.10 Å². The van der Waals surface area contributed by atoms with Crippen LogP contribution in [-0.4, -0.2) is 83.4 Å². The van der Waals surface area contributed by atoms with Crippen molar-refractivity contribution < 1.29 is 37.3 Å².